The zero-order chi connectivity index (χ0) is 15.4. The van der Waals surface area contributed by atoms with E-state index in [-0.39, 0.29) is 0 Å². The monoisotopic (exact) mass is 300 g/mol. The summed E-state index contributed by atoms with van der Waals surface area (Å²) in [4.78, 5) is 9.49. The molecule has 0 aliphatic carbocycles. The van der Waals surface area contributed by atoms with Crippen LogP contribution in [0.4, 0.5) is 0 Å². The number of aromatic nitrogens is 2. The zero-order valence-electron chi connectivity index (χ0n) is 13.6. The molecule has 0 bridgehead atoms. The molecule has 3 heteroatoms. The maximum atomic E-state index is 4.84. The van der Waals surface area contributed by atoms with Crippen LogP contribution in [0, 0.1) is 6.92 Å². The minimum atomic E-state index is 0.401. The summed E-state index contributed by atoms with van der Waals surface area (Å²) in [6.07, 6.45) is 1.93. The van der Waals surface area contributed by atoms with Gasteiger partial charge in [0.2, 0.25) is 0 Å². The fourth-order valence-corrected chi connectivity index (χ4v) is 3.32. The van der Waals surface area contributed by atoms with Gasteiger partial charge in [-0.25, -0.2) is 4.98 Å². The first kappa shape index (κ1) is 16.0. The van der Waals surface area contributed by atoms with Crippen molar-refractivity contribution in [2.45, 2.75) is 57.2 Å². The second-order valence-corrected chi connectivity index (χ2v) is 6.97. The van der Waals surface area contributed by atoms with Crippen molar-refractivity contribution in [2.75, 3.05) is 0 Å². The highest BCUT2D eigenvalue weighted by atomic mass is 32.2. The molecule has 112 valence electrons. The molecule has 0 saturated heterocycles. The molecule has 0 spiro atoms. The molecule has 0 atom stereocenters. The highest BCUT2D eigenvalue weighted by Gasteiger charge is 2.13. The lowest BCUT2D eigenvalue weighted by atomic mass is 10.1. The third-order valence-corrected chi connectivity index (χ3v) is 4.58. The standard InChI is InChI=1S/C18H24N2S/c1-12(2)16-10-19-17(13(3)4)18(20-16)21-11-15-9-7-6-8-14(15)5/h6-10,12-13H,11H2,1-5H3. The Hall–Kier alpha value is -1.35. The fraction of sp³-hybridized carbons (Fsp3) is 0.444. The summed E-state index contributed by atoms with van der Waals surface area (Å²) in [7, 11) is 0. The summed E-state index contributed by atoms with van der Waals surface area (Å²) >= 11 is 1.80. The molecular weight excluding hydrogens is 276 g/mol. The predicted molar refractivity (Wildman–Crippen MR) is 91.0 cm³/mol. The van der Waals surface area contributed by atoms with E-state index in [1.54, 1.807) is 11.8 Å². The minimum Gasteiger partial charge on any atom is -0.256 e. The molecule has 0 aliphatic heterocycles. The van der Waals surface area contributed by atoms with Gasteiger partial charge in [-0.3, -0.25) is 4.98 Å². The fourth-order valence-electron chi connectivity index (χ4n) is 2.09. The number of hydrogen-bond acceptors (Lipinski definition) is 3. The molecule has 2 rings (SSSR count). The van der Waals surface area contributed by atoms with E-state index in [1.807, 2.05) is 6.20 Å². The van der Waals surface area contributed by atoms with Crippen LogP contribution in [0.1, 0.15) is 62.0 Å². The Balaban J connectivity index is 2.25. The van der Waals surface area contributed by atoms with E-state index in [2.05, 4.69) is 63.9 Å². The Morgan fingerprint density at radius 2 is 1.76 bits per heavy atom. The molecule has 21 heavy (non-hydrogen) atoms. The summed E-state index contributed by atoms with van der Waals surface area (Å²) < 4.78 is 0. The molecule has 1 aromatic heterocycles. The van der Waals surface area contributed by atoms with Crippen molar-refractivity contribution in [1.82, 2.24) is 9.97 Å². The summed E-state index contributed by atoms with van der Waals surface area (Å²) in [5.74, 6) is 1.76. The number of benzene rings is 1. The van der Waals surface area contributed by atoms with Crippen molar-refractivity contribution >= 4 is 11.8 Å². The summed E-state index contributed by atoms with van der Waals surface area (Å²) in [5, 5.41) is 1.08. The van der Waals surface area contributed by atoms with Crippen molar-refractivity contribution in [2.24, 2.45) is 0 Å². The molecule has 2 nitrogen and oxygen atoms in total. The molecule has 0 radical (unpaired) electrons. The average Bonchev–Trinajstić information content (AvgIpc) is 2.46. The van der Waals surface area contributed by atoms with Crippen LogP contribution in [0.15, 0.2) is 35.5 Å². The van der Waals surface area contributed by atoms with Gasteiger partial charge in [-0.15, -0.1) is 0 Å². The van der Waals surface area contributed by atoms with Gasteiger partial charge in [-0.1, -0.05) is 63.7 Å². The van der Waals surface area contributed by atoms with Crippen LogP contribution < -0.4 is 0 Å². The Kier molecular flexibility index (Phi) is 5.40. The number of rotatable bonds is 5. The van der Waals surface area contributed by atoms with Gasteiger partial charge >= 0.3 is 0 Å². The quantitative estimate of drug-likeness (QED) is 0.698. The molecule has 0 aliphatic rings. The lowest BCUT2D eigenvalue weighted by molar-refractivity contribution is 0.724. The van der Waals surface area contributed by atoms with Crippen LogP contribution in [-0.4, -0.2) is 9.97 Å². The van der Waals surface area contributed by atoms with E-state index in [4.69, 9.17) is 4.98 Å². The van der Waals surface area contributed by atoms with Gasteiger partial charge in [0.1, 0.15) is 5.03 Å². The molecule has 0 amide bonds. The van der Waals surface area contributed by atoms with Gasteiger partial charge < -0.3 is 0 Å². The van der Waals surface area contributed by atoms with Gasteiger partial charge in [0.15, 0.2) is 0 Å². The van der Waals surface area contributed by atoms with E-state index in [0.717, 1.165) is 22.2 Å². The van der Waals surface area contributed by atoms with Gasteiger partial charge in [0.25, 0.3) is 0 Å². The third kappa shape index (κ3) is 4.07. The topological polar surface area (TPSA) is 25.8 Å². The van der Waals surface area contributed by atoms with Gasteiger partial charge in [0.05, 0.1) is 11.4 Å². The summed E-state index contributed by atoms with van der Waals surface area (Å²) in [5.41, 5.74) is 4.89. The molecule has 2 aromatic rings. The van der Waals surface area contributed by atoms with Gasteiger partial charge in [-0.2, -0.15) is 0 Å². The van der Waals surface area contributed by atoms with Crippen LogP contribution in [0.25, 0.3) is 0 Å². The normalized spacial score (nSPS) is 11.4. The van der Waals surface area contributed by atoms with Crippen molar-refractivity contribution in [3.05, 3.63) is 53.0 Å². The van der Waals surface area contributed by atoms with Crippen molar-refractivity contribution < 1.29 is 0 Å². The zero-order valence-corrected chi connectivity index (χ0v) is 14.4. The molecule has 0 fully saturated rings. The van der Waals surface area contributed by atoms with E-state index in [9.17, 15) is 0 Å². The molecule has 0 N–H and O–H groups in total. The van der Waals surface area contributed by atoms with Crippen molar-refractivity contribution in [1.29, 1.82) is 0 Å². The van der Waals surface area contributed by atoms with Gasteiger partial charge in [-0.05, 0) is 29.9 Å². The van der Waals surface area contributed by atoms with Crippen molar-refractivity contribution in [3.63, 3.8) is 0 Å². The number of thioether (sulfide) groups is 1. The predicted octanol–water partition coefficient (Wildman–Crippen LogP) is 5.32. The second-order valence-electron chi connectivity index (χ2n) is 6.01. The van der Waals surface area contributed by atoms with E-state index < -0.39 is 0 Å². The summed E-state index contributed by atoms with van der Waals surface area (Å²) in [6.45, 7) is 10.8. The lowest BCUT2D eigenvalue weighted by Gasteiger charge is -2.14. The van der Waals surface area contributed by atoms with Crippen molar-refractivity contribution in [3.8, 4) is 0 Å². The van der Waals surface area contributed by atoms with Crippen LogP contribution in [0.2, 0.25) is 0 Å². The third-order valence-electron chi connectivity index (χ3n) is 3.55. The number of nitrogens with zero attached hydrogens (tertiary/aromatic N) is 2. The Morgan fingerprint density at radius 3 is 2.38 bits per heavy atom. The lowest BCUT2D eigenvalue weighted by Crippen LogP contribution is -2.03. The van der Waals surface area contributed by atoms with E-state index in [1.165, 1.54) is 11.1 Å². The number of aryl methyl sites for hydroxylation is 1. The average molecular weight is 300 g/mol. The maximum absolute atomic E-state index is 4.84. The number of hydrogen-bond donors (Lipinski definition) is 0. The first-order valence-corrected chi connectivity index (χ1v) is 8.51. The van der Waals surface area contributed by atoms with Crippen LogP contribution in [-0.2, 0) is 5.75 Å². The second kappa shape index (κ2) is 7.08. The van der Waals surface area contributed by atoms with Crippen LogP contribution in [0.3, 0.4) is 0 Å². The Labute approximate surface area is 132 Å². The smallest absolute Gasteiger partial charge is 0.118 e. The largest absolute Gasteiger partial charge is 0.256 e. The first-order valence-electron chi connectivity index (χ1n) is 7.53. The highest BCUT2D eigenvalue weighted by molar-refractivity contribution is 7.98. The Bertz CT molecular complexity index is 606. The molecule has 1 aromatic carbocycles. The van der Waals surface area contributed by atoms with Crippen LogP contribution in [0.5, 0.6) is 0 Å². The van der Waals surface area contributed by atoms with Crippen LogP contribution >= 0.6 is 11.8 Å². The molecule has 1 heterocycles. The summed E-state index contributed by atoms with van der Waals surface area (Å²) in [6, 6.07) is 8.54. The molecule has 0 saturated carbocycles. The Morgan fingerprint density at radius 1 is 1.05 bits per heavy atom. The highest BCUT2D eigenvalue weighted by Crippen LogP contribution is 2.29. The molecule has 0 unspecified atom stereocenters. The van der Waals surface area contributed by atoms with E-state index in [0.29, 0.717) is 11.8 Å². The maximum Gasteiger partial charge on any atom is 0.118 e. The molecular formula is C18H24N2S. The first-order chi connectivity index (χ1) is 9.99. The van der Waals surface area contributed by atoms with Gasteiger partial charge in [0, 0.05) is 11.9 Å². The minimum absolute atomic E-state index is 0.401. The van der Waals surface area contributed by atoms with E-state index >= 15 is 0 Å². The SMILES string of the molecule is Cc1ccccc1CSc1nc(C(C)C)cnc1C(C)C.